The Hall–Kier alpha value is -1.12. The Morgan fingerprint density at radius 2 is 1.82 bits per heavy atom. The SMILES string of the molecule is Cc1nc2c(c(NC3(C)CCC3)n1)CCCC2. The molecule has 92 valence electrons. The largest absolute Gasteiger partial charge is 0.365 e. The van der Waals surface area contributed by atoms with E-state index in [1.54, 1.807) is 0 Å². The first-order valence-corrected chi connectivity index (χ1v) is 6.81. The Kier molecular flexibility index (Phi) is 2.57. The number of hydrogen-bond donors (Lipinski definition) is 1. The fraction of sp³-hybridized carbons (Fsp3) is 0.714. The molecule has 2 aliphatic carbocycles. The van der Waals surface area contributed by atoms with E-state index in [2.05, 4.69) is 22.2 Å². The van der Waals surface area contributed by atoms with Crippen LogP contribution in [0, 0.1) is 6.92 Å². The van der Waals surface area contributed by atoms with Crippen molar-refractivity contribution in [3.05, 3.63) is 17.1 Å². The third-order valence-electron chi connectivity index (χ3n) is 4.17. The van der Waals surface area contributed by atoms with Crippen LogP contribution in [0.3, 0.4) is 0 Å². The van der Waals surface area contributed by atoms with Gasteiger partial charge in [-0.2, -0.15) is 0 Å². The second kappa shape index (κ2) is 3.97. The number of nitrogens with one attached hydrogen (secondary N) is 1. The van der Waals surface area contributed by atoms with Crippen LogP contribution < -0.4 is 5.32 Å². The fourth-order valence-corrected chi connectivity index (χ4v) is 2.94. The van der Waals surface area contributed by atoms with Crippen LogP contribution in [-0.4, -0.2) is 15.5 Å². The summed E-state index contributed by atoms with van der Waals surface area (Å²) in [6.07, 6.45) is 8.72. The van der Waals surface area contributed by atoms with Gasteiger partial charge in [0.1, 0.15) is 11.6 Å². The van der Waals surface area contributed by atoms with Crippen LogP contribution in [0.1, 0.15) is 56.1 Å². The number of aryl methyl sites for hydroxylation is 2. The maximum Gasteiger partial charge on any atom is 0.133 e. The molecule has 1 heterocycles. The number of hydrogen-bond acceptors (Lipinski definition) is 3. The summed E-state index contributed by atoms with van der Waals surface area (Å²) < 4.78 is 0. The monoisotopic (exact) mass is 231 g/mol. The van der Waals surface area contributed by atoms with Crippen molar-refractivity contribution in [2.45, 2.75) is 64.3 Å². The van der Waals surface area contributed by atoms with Gasteiger partial charge >= 0.3 is 0 Å². The number of anilines is 1. The Labute approximate surface area is 103 Å². The maximum absolute atomic E-state index is 4.63. The molecule has 1 saturated carbocycles. The highest BCUT2D eigenvalue weighted by Crippen LogP contribution is 2.36. The number of rotatable bonds is 2. The summed E-state index contributed by atoms with van der Waals surface area (Å²) in [4.78, 5) is 9.23. The van der Waals surface area contributed by atoms with Crippen molar-refractivity contribution in [2.75, 3.05) is 5.32 Å². The minimum absolute atomic E-state index is 0.284. The van der Waals surface area contributed by atoms with Crippen molar-refractivity contribution in [1.29, 1.82) is 0 Å². The lowest BCUT2D eigenvalue weighted by Gasteiger charge is -2.40. The molecule has 2 aliphatic rings. The molecule has 0 radical (unpaired) electrons. The normalized spacial score (nSPS) is 21.5. The molecule has 0 aromatic carbocycles. The lowest BCUT2D eigenvalue weighted by molar-refractivity contribution is 0.305. The van der Waals surface area contributed by atoms with E-state index in [1.165, 1.54) is 43.4 Å². The lowest BCUT2D eigenvalue weighted by Crippen LogP contribution is -2.42. The smallest absolute Gasteiger partial charge is 0.133 e. The first-order valence-electron chi connectivity index (χ1n) is 6.81. The van der Waals surface area contributed by atoms with Gasteiger partial charge in [-0.1, -0.05) is 0 Å². The zero-order chi connectivity index (χ0) is 11.9. The van der Waals surface area contributed by atoms with Gasteiger partial charge < -0.3 is 5.32 Å². The van der Waals surface area contributed by atoms with Crippen molar-refractivity contribution in [2.24, 2.45) is 0 Å². The Morgan fingerprint density at radius 3 is 2.53 bits per heavy atom. The molecule has 0 spiro atoms. The topological polar surface area (TPSA) is 37.8 Å². The first-order chi connectivity index (χ1) is 8.16. The molecule has 17 heavy (non-hydrogen) atoms. The van der Waals surface area contributed by atoms with Crippen LogP contribution >= 0.6 is 0 Å². The zero-order valence-corrected chi connectivity index (χ0v) is 10.8. The number of fused-ring (bicyclic) bond motifs is 1. The molecule has 1 aromatic rings. The van der Waals surface area contributed by atoms with E-state index in [0.29, 0.717) is 0 Å². The van der Waals surface area contributed by atoms with Gasteiger partial charge in [0.15, 0.2) is 0 Å². The van der Waals surface area contributed by atoms with Gasteiger partial charge in [0.2, 0.25) is 0 Å². The van der Waals surface area contributed by atoms with E-state index < -0.39 is 0 Å². The van der Waals surface area contributed by atoms with E-state index in [-0.39, 0.29) is 5.54 Å². The Morgan fingerprint density at radius 1 is 1.06 bits per heavy atom. The molecule has 0 aliphatic heterocycles. The molecule has 0 atom stereocenters. The molecule has 0 unspecified atom stereocenters. The van der Waals surface area contributed by atoms with Crippen molar-refractivity contribution >= 4 is 5.82 Å². The van der Waals surface area contributed by atoms with Crippen LogP contribution in [0.4, 0.5) is 5.82 Å². The second-order valence-corrected chi connectivity index (χ2v) is 5.79. The molecule has 0 bridgehead atoms. The molecule has 3 nitrogen and oxygen atoms in total. The minimum atomic E-state index is 0.284. The Balaban J connectivity index is 1.94. The van der Waals surface area contributed by atoms with Gasteiger partial charge in [0.05, 0.1) is 0 Å². The molecule has 3 heteroatoms. The summed E-state index contributed by atoms with van der Waals surface area (Å²) in [5, 5.41) is 3.67. The molecule has 1 N–H and O–H groups in total. The average Bonchev–Trinajstić information content (AvgIpc) is 2.26. The van der Waals surface area contributed by atoms with Gasteiger partial charge in [-0.3, -0.25) is 0 Å². The Bertz CT molecular complexity index is 435. The quantitative estimate of drug-likeness (QED) is 0.850. The van der Waals surface area contributed by atoms with E-state index in [0.717, 1.165) is 24.5 Å². The summed E-state index contributed by atoms with van der Waals surface area (Å²) in [6.45, 7) is 4.31. The minimum Gasteiger partial charge on any atom is -0.365 e. The van der Waals surface area contributed by atoms with Crippen LogP contribution in [0.5, 0.6) is 0 Å². The third kappa shape index (κ3) is 2.03. The highest BCUT2D eigenvalue weighted by Gasteiger charge is 2.33. The van der Waals surface area contributed by atoms with E-state index in [1.807, 2.05) is 6.92 Å². The van der Waals surface area contributed by atoms with Crippen molar-refractivity contribution in [3.63, 3.8) is 0 Å². The van der Waals surface area contributed by atoms with Gasteiger partial charge in [0.25, 0.3) is 0 Å². The third-order valence-corrected chi connectivity index (χ3v) is 4.17. The number of aromatic nitrogens is 2. The van der Waals surface area contributed by atoms with Crippen molar-refractivity contribution < 1.29 is 0 Å². The molecule has 1 fully saturated rings. The van der Waals surface area contributed by atoms with E-state index in [4.69, 9.17) is 0 Å². The van der Waals surface area contributed by atoms with Gasteiger partial charge in [-0.15, -0.1) is 0 Å². The predicted octanol–water partition coefficient (Wildman–Crippen LogP) is 3.02. The zero-order valence-electron chi connectivity index (χ0n) is 10.8. The first kappa shape index (κ1) is 11.0. The molecular formula is C14H21N3. The summed E-state index contributed by atoms with van der Waals surface area (Å²) in [5.74, 6) is 2.03. The highest BCUT2D eigenvalue weighted by molar-refractivity contribution is 5.50. The summed E-state index contributed by atoms with van der Waals surface area (Å²) in [5.41, 5.74) is 2.95. The van der Waals surface area contributed by atoms with Gasteiger partial charge in [-0.05, 0) is 58.8 Å². The fourth-order valence-electron chi connectivity index (χ4n) is 2.94. The van der Waals surface area contributed by atoms with Crippen LogP contribution in [-0.2, 0) is 12.8 Å². The van der Waals surface area contributed by atoms with E-state index in [9.17, 15) is 0 Å². The summed E-state index contributed by atoms with van der Waals surface area (Å²) in [6, 6.07) is 0. The van der Waals surface area contributed by atoms with Crippen LogP contribution in [0.2, 0.25) is 0 Å². The lowest BCUT2D eigenvalue weighted by atomic mass is 9.78. The van der Waals surface area contributed by atoms with Gasteiger partial charge in [-0.25, -0.2) is 9.97 Å². The predicted molar refractivity (Wildman–Crippen MR) is 69.3 cm³/mol. The van der Waals surface area contributed by atoms with Crippen molar-refractivity contribution in [3.8, 4) is 0 Å². The molecule has 3 rings (SSSR count). The molecule has 0 saturated heterocycles. The van der Waals surface area contributed by atoms with Crippen LogP contribution in [0.15, 0.2) is 0 Å². The highest BCUT2D eigenvalue weighted by atomic mass is 15.1. The van der Waals surface area contributed by atoms with E-state index >= 15 is 0 Å². The van der Waals surface area contributed by atoms with Crippen LogP contribution in [0.25, 0.3) is 0 Å². The number of nitrogens with zero attached hydrogens (tertiary/aromatic N) is 2. The summed E-state index contributed by atoms with van der Waals surface area (Å²) in [7, 11) is 0. The maximum atomic E-state index is 4.63. The van der Waals surface area contributed by atoms with Crippen molar-refractivity contribution in [1.82, 2.24) is 9.97 Å². The molecule has 0 amide bonds. The van der Waals surface area contributed by atoms with Gasteiger partial charge in [0, 0.05) is 16.8 Å². The molecular weight excluding hydrogens is 210 g/mol. The second-order valence-electron chi connectivity index (χ2n) is 5.79. The summed E-state index contributed by atoms with van der Waals surface area (Å²) >= 11 is 0. The molecule has 1 aromatic heterocycles. The standard InChI is InChI=1S/C14H21N3/c1-10-15-12-7-4-3-6-11(12)13(16-10)17-14(2)8-5-9-14/h3-9H2,1-2H3,(H,15,16,17). The average molecular weight is 231 g/mol.